The number of nitrogens with zero attached hydrogens (tertiary/aromatic N) is 2. The molecule has 0 aliphatic rings. The minimum Gasteiger partial charge on any atom is -0.245 e. The first-order valence-corrected chi connectivity index (χ1v) is 6.87. The van der Waals surface area contributed by atoms with Crippen LogP contribution in [0.15, 0.2) is 24.3 Å². The van der Waals surface area contributed by atoms with Gasteiger partial charge < -0.3 is 0 Å². The lowest BCUT2D eigenvalue weighted by Crippen LogP contribution is -1.97. The van der Waals surface area contributed by atoms with Crippen molar-refractivity contribution in [2.75, 3.05) is 0 Å². The van der Waals surface area contributed by atoms with Crippen molar-refractivity contribution in [1.29, 1.82) is 5.26 Å². The van der Waals surface area contributed by atoms with Gasteiger partial charge >= 0.3 is 0 Å². The number of hydrogen-bond acceptors (Lipinski definition) is 2. The highest BCUT2D eigenvalue weighted by Gasteiger charge is 2.13. The molecule has 22 heavy (non-hydrogen) atoms. The molecule has 2 nitrogen and oxygen atoms in total. The summed E-state index contributed by atoms with van der Waals surface area (Å²) < 4.78 is 27.4. The van der Waals surface area contributed by atoms with E-state index in [9.17, 15) is 8.78 Å². The second-order valence-electron chi connectivity index (χ2n) is 4.25. The molecule has 0 unspecified atom stereocenters. The first-order valence-electron chi connectivity index (χ1n) is 6.87. The minimum absolute atomic E-state index is 0.0104. The van der Waals surface area contributed by atoms with Crippen LogP contribution in [0.25, 0.3) is 0 Å². The van der Waals surface area contributed by atoms with Crippen molar-refractivity contribution in [2.45, 2.75) is 27.7 Å². The van der Waals surface area contributed by atoms with Gasteiger partial charge in [0, 0.05) is 11.3 Å². The first-order chi connectivity index (χ1) is 10.5. The molecule has 0 aliphatic heterocycles. The Morgan fingerprint density at radius 1 is 1.00 bits per heavy atom. The second-order valence-corrected chi connectivity index (χ2v) is 4.25. The van der Waals surface area contributed by atoms with E-state index in [0.29, 0.717) is 5.69 Å². The van der Waals surface area contributed by atoms with Gasteiger partial charge in [0.2, 0.25) is 0 Å². The Morgan fingerprint density at radius 3 is 2.23 bits per heavy atom. The molecule has 0 saturated carbocycles. The predicted octanol–water partition coefficient (Wildman–Crippen LogP) is 4.27. The number of hydrogen-bond donors (Lipinski definition) is 0. The zero-order chi connectivity index (χ0) is 16.7. The molecule has 0 saturated heterocycles. The molecule has 112 valence electrons. The molecule has 0 atom stereocenters. The topological polar surface area (TPSA) is 36.7 Å². The van der Waals surface area contributed by atoms with Crippen LogP contribution in [0.4, 0.5) is 8.78 Å². The van der Waals surface area contributed by atoms with Gasteiger partial charge in [-0.3, -0.25) is 0 Å². The Balaban J connectivity index is 0.00000116. The quantitative estimate of drug-likeness (QED) is 0.681. The number of pyridine rings is 1. The van der Waals surface area contributed by atoms with E-state index in [-0.39, 0.29) is 16.7 Å². The van der Waals surface area contributed by atoms with Crippen LogP contribution in [0, 0.1) is 48.7 Å². The van der Waals surface area contributed by atoms with Crippen molar-refractivity contribution < 1.29 is 8.78 Å². The summed E-state index contributed by atoms with van der Waals surface area (Å²) in [6, 6.07) is 8.10. The average molecular weight is 298 g/mol. The second kappa shape index (κ2) is 7.90. The predicted molar refractivity (Wildman–Crippen MR) is 82.1 cm³/mol. The SMILES string of the molecule is CC.Cc1cccc(C#Cc2cc(C#N)c(F)c(C)c2F)n1. The maximum Gasteiger partial charge on any atom is 0.146 e. The van der Waals surface area contributed by atoms with E-state index in [1.807, 2.05) is 26.8 Å². The fourth-order valence-electron chi connectivity index (χ4n) is 1.69. The van der Waals surface area contributed by atoms with Crippen molar-refractivity contribution >= 4 is 0 Å². The molecule has 0 N–H and O–H groups in total. The molecule has 0 spiro atoms. The standard InChI is InChI=1S/C16H10F2N2.C2H6/c1-10-4-3-5-14(20-10)7-6-12-8-13(9-19)16(18)11(2)15(12)17;1-2/h3-5,8H,1-2H3;1-2H3. The fraction of sp³-hybridized carbons (Fsp3) is 0.222. The summed E-state index contributed by atoms with van der Waals surface area (Å²) in [5.41, 5.74) is 0.856. The Labute approximate surface area is 129 Å². The van der Waals surface area contributed by atoms with Crippen LogP contribution >= 0.6 is 0 Å². The highest BCUT2D eigenvalue weighted by atomic mass is 19.1. The number of aryl methyl sites for hydroxylation is 1. The molecular formula is C18H16F2N2. The van der Waals surface area contributed by atoms with Gasteiger partial charge in [-0.1, -0.05) is 25.8 Å². The number of nitriles is 1. The van der Waals surface area contributed by atoms with Crippen molar-refractivity contribution in [3.8, 4) is 17.9 Å². The van der Waals surface area contributed by atoms with Gasteiger partial charge in [-0.15, -0.1) is 0 Å². The van der Waals surface area contributed by atoms with Crippen molar-refractivity contribution in [1.82, 2.24) is 4.98 Å². The van der Waals surface area contributed by atoms with E-state index in [4.69, 9.17) is 5.26 Å². The summed E-state index contributed by atoms with van der Waals surface area (Å²) >= 11 is 0. The van der Waals surface area contributed by atoms with Crippen molar-refractivity contribution in [3.05, 3.63) is 64.0 Å². The minimum atomic E-state index is -0.843. The number of benzene rings is 1. The third-order valence-corrected chi connectivity index (χ3v) is 2.75. The largest absolute Gasteiger partial charge is 0.245 e. The van der Waals surface area contributed by atoms with Crippen molar-refractivity contribution in [2.24, 2.45) is 0 Å². The molecule has 0 aliphatic carbocycles. The Bertz CT molecular complexity index is 778. The number of rotatable bonds is 0. The molecular weight excluding hydrogens is 282 g/mol. The van der Waals surface area contributed by atoms with E-state index in [1.165, 1.54) is 6.92 Å². The molecule has 2 aromatic rings. The molecule has 0 bridgehead atoms. The fourth-order valence-corrected chi connectivity index (χ4v) is 1.69. The molecule has 4 heteroatoms. The highest BCUT2D eigenvalue weighted by Crippen LogP contribution is 2.19. The first kappa shape index (κ1) is 17.3. The summed E-state index contributed by atoms with van der Waals surface area (Å²) in [5.74, 6) is 3.71. The smallest absolute Gasteiger partial charge is 0.146 e. The monoisotopic (exact) mass is 298 g/mol. The summed E-state index contributed by atoms with van der Waals surface area (Å²) in [4.78, 5) is 4.17. The van der Waals surface area contributed by atoms with Crippen LogP contribution in [0.5, 0.6) is 0 Å². The van der Waals surface area contributed by atoms with Gasteiger partial charge in [0.05, 0.1) is 11.1 Å². The van der Waals surface area contributed by atoms with Gasteiger partial charge in [0.1, 0.15) is 23.4 Å². The molecule has 2 rings (SSSR count). The molecule has 1 heterocycles. The van der Waals surface area contributed by atoms with Crippen LogP contribution in [0.3, 0.4) is 0 Å². The van der Waals surface area contributed by atoms with Gasteiger partial charge in [0.15, 0.2) is 0 Å². The van der Waals surface area contributed by atoms with Gasteiger partial charge in [0.25, 0.3) is 0 Å². The van der Waals surface area contributed by atoms with E-state index in [0.717, 1.165) is 11.8 Å². The molecule has 1 aromatic carbocycles. The summed E-state index contributed by atoms with van der Waals surface area (Å²) in [6.45, 7) is 7.10. The summed E-state index contributed by atoms with van der Waals surface area (Å²) in [6.07, 6.45) is 0. The number of halogens is 2. The molecule has 0 amide bonds. The van der Waals surface area contributed by atoms with Crippen molar-refractivity contribution in [3.63, 3.8) is 0 Å². The van der Waals surface area contributed by atoms with Crippen LogP contribution in [-0.2, 0) is 0 Å². The van der Waals surface area contributed by atoms with Gasteiger partial charge in [-0.2, -0.15) is 5.26 Å². The van der Waals surface area contributed by atoms with Crippen LogP contribution in [0.2, 0.25) is 0 Å². The van der Waals surface area contributed by atoms with Crippen LogP contribution in [-0.4, -0.2) is 4.98 Å². The normalized spacial score (nSPS) is 8.95. The third kappa shape index (κ3) is 3.90. The Morgan fingerprint density at radius 2 is 1.64 bits per heavy atom. The average Bonchev–Trinajstić information content (AvgIpc) is 2.54. The number of aromatic nitrogens is 1. The summed E-state index contributed by atoms with van der Waals surface area (Å²) in [5, 5.41) is 8.81. The lowest BCUT2D eigenvalue weighted by molar-refractivity contribution is 0.563. The highest BCUT2D eigenvalue weighted by molar-refractivity contribution is 5.48. The lowest BCUT2D eigenvalue weighted by atomic mass is 10.1. The molecule has 1 aromatic heterocycles. The van der Waals surface area contributed by atoms with Gasteiger partial charge in [-0.05, 0) is 38.0 Å². The summed E-state index contributed by atoms with van der Waals surface area (Å²) in [7, 11) is 0. The van der Waals surface area contributed by atoms with E-state index < -0.39 is 11.6 Å². The Kier molecular flexibility index (Phi) is 6.23. The van der Waals surface area contributed by atoms with Crippen LogP contribution < -0.4 is 0 Å². The zero-order valence-electron chi connectivity index (χ0n) is 13.0. The van der Waals surface area contributed by atoms with E-state index >= 15 is 0 Å². The molecule has 0 radical (unpaired) electrons. The maximum atomic E-state index is 13.9. The van der Waals surface area contributed by atoms with E-state index in [1.54, 1.807) is 18.2 Å². The van der Waals surface area contributed by atoms with Crippen LogP contribution in [0.1, 0.15) is 41.9 Å². The molecule has 0 fully saturated rings. The van der Waals surface area contributed by atoms with E-state index in [2.05, 4.69) is 16.8 Å². The maximum absolute atomic E-state index is 13.9. The van der Waals surface area contributed by atoms with Gasteiger partial charge in [-0.25, -0.2) is 13.8 Å². The zero-order valence-corrected chi connectivity index (χ0v) is 13.0. The Hall–Kier alpha value is -2.72. The lowest BCUT2D eigenvalue weighted by Gasteiger charge is -2.03. The third-order valence-electron chi connectivity index (χ3n) is 2.75.